The van der Waals surface area contributed by atoms with Crippen LogP contribution in [0, 0.1) is 0 Å². The third kappa shape index (κ3) is 4.94. The van der Waals surface area contributed by atoms with Crippen LogP contribution in [0.4, 0.5) is 0 Å². The molecule has 0 aliphatic heterocycles. The van der Waals surface area contributed by atoms with E-state index in [1.165, 1.54) is 6.07 Å². The highest BCUT2D eigenvalue weighted by atomic mass is 16.3. The topological polar surface area (TPSA) is 61.7 Å². The van der Waals surface area contributed by atoms with Crippen LogP contribution in [0.15, 0.2) is 192 Å². The fraction of sp³-hybridized carbons (Fsp3) is 0. The second-order valence-corrected chi connectivity index (χ2v) is 12.6. The van der Waals surface area contributed by atoms with Crippen molar-refractivity contribution in [3.8, 4) is 45.5 Å². The number of benzene rings is 8. The molecule has 4 heterocycles. The Morgan fingerprint density at radius 2 is 0.895 bits per heavy atom. The monoisotopic (exact) mass is 753 g/mol. The summed E-state index contributed by atoms with van der Waals surface area (Å²) in [6.45, 7) is 0. The maximum absolute atomic E-state index is 10.0. The number of fused-ring (bicyclic) bond motifs is 9. The van der Waals surface area contributed by atoms with Gasteiger partial charge in [-0.2, -0.15) is 15.0 Å². The van der Waals surface area contributed by atoms with Gasteiger partial charge in [-0.05, 0) is 70.7 Å². The molecule has 0 N–H and O–H groups in total. The highest BCUT2D eigenvalue weighted by Gasteiger charge is 2.22. The molecule has 0 bridgehead atoms. The van der Waals surface area contributed by atoms with E-state index in [2.05, 4.69) is 0 Å². The molecular weight excluding hydrogens is 699 g/mol. The number of rotatable bonds is 5. The van der Waals surface area contributed by atoms with Crippen molar-refractivity contribution in [1.29, 1.82) is 0 Å². The van der Waals surface area contributed by atoms with Gasteiger partial charge in [-0.1, -0.05) is 139 Å². The van der Waals surface area contributed by atoms with Gasteiger partial charge in [0.15, 0.2) is 5.82 Å². The largest absolute Gasteiger partial charge is 0.456 e. The van der Waals surface area contributed by atoms with Gasteiger partial charge in [0.1, 0.15) is 11.2 Å². The number of nitrogens with zero attached hydrogens (tertiary/aromatic N) is 5. The molecule has 0 amide bonds. The number of hydrogen-bond donors (Lipinski definition) is 0. The molecule has 4 aromatic heterocycles. The summed E-state index contributed by atoms with van der Waals surface area (Å²) in [6, 6.07) is -8.49. The molecule has 0 atom stereocenters. The number of hydrogen-bond acceptors (Lipinski definition) is 4. The minimum atomic E-state index is -0.913. The number of para-hydroxylation sites is 3. The van der Waals surface area contributed by atoms with Crippen molar-refractivity contribution in [2.75, 3.05) is 0 Å². The van der Waals surface area contributed by atoms with E-state index in [0.29, 0.717) is 21.9 Å². The molecule has 0 unspecified atom stereocenters. The standard InChI is InChI=1S/C51H31N5O/c1-3-13-32(14-4-1)34-23-26-39-40-27-24-35(33-15-5-2-6-16-33)31-46(40)56(45(39)30-34)51-53-49(36-25-28-48-42(29-36)41-19-9-12-22-47(41)57-48)52-50(54-51)55-43-20-10-7-17-37(43)38-18-8-11-21-44(38)55/h1-31H/i1D,2D,3D,4D,5D,6D,7D,8D,10D,11D,13D,14D,15D,16D,17D,18D,20D,21D,23D,24D,26D,27D,30D,31D. The Morgan fingerprint density at radius 1 is 0.386 bits per heavy atom. The Labute approximate surface area is 360 Å². The molecule has 0 spiro atoms. The summed E-state index contributed by atoms with van der Waals surface area (Å²) in [7, 11) is 0. The van der Waals surface area contributed by atoms with E-state index in [4.69, 9.17) is 41.3 Å². The van der Waals surface area contributed by atoms with Gasteiger partial charge in [0, 0.05) is 37.9 Å². The second kappa shape index (κ2) is 12.3. The predicted octanol–water partition coefficient (Wildman–Crippen LogP) is 13.0. The zero-order chi connectivity index (χ0) is 58.3. The Kier molecular flexibility index (Phi) is 3.49. The summed E-state index contributed by atoms with van der Waals surface area (Å²) in [5.74, 6) is -1.72. The Hall–Kier alpha value is -7.83. The number of furan rings is 1. The predicted molar refractivity (Wildman–Crippen MR) is 232 cm³/mol. The molecule has 12 rings (SSSR count). The first-order valence-electron chi connectivity index (χ1n) is 29.2. The van der Waals surface area contributed by atoms with Gasteiger partial charge in [0.05, 0.1) is 55.0 Å². The van der Waals surface area contributed by atoms with Crippen LogP contribution in [0.2, 0.25) is 0 Å². The van der Waals surface area contributed by atoms with Crippen LogP contribution in [0.25, 0.3) is 111 Å². The van der Waals surface area contributed by atoms with Crippen LogP contribution in [0.1, 0.15) is 32.9 Å². The van der Waals surface area contributed by atoms with Crippen molar-refractivity contribution in [3.63, 3.8) is 0 Å². The summed E-state index contributed by atoms with van der Waals surface area (Å²) in [4.78, 5) is 14.5. The zero-order valence-electron chi connectivity index (χ0n) is 52.7. The molecule has 266 valence electrons. The molecule has 0 fully saturated rings. The lowest BCUT2D eigenvalue weighted by Crippen LogP contribution is -2.10. The van der Waals surface area contributed by atoms with Gasteiger partial charge in [-0.25, -0.2) is 0 Å². The lowest BCUT2D eigenvalue weighted by Gasteiger charge is -2.13. The molecule has 8 aromatic carbocycles. The molecule has 12 aromatic rings. The highest BCUT2D eigenvalue weighted by Crippen LogP contribution is 2.38. The van der Waals surface area contributed by atoms with Crippen LogP contribution < -0.4 is 0 Å². The molecule has 6 heteroatoms. The first-order valence-corrected chi connectivity index (χ1v) is 17.2. The summed E-state index contributed by atoms with van der Waals surface area (Å²) in [6.07, 6.45) is 0. The zero-order valence-corrected chi connectivity index (χ0v) is 28.7. The van der Waals surface area contributed by atoms with Crippen molar-refractivity contribution in [2.24, 2.45) is 0 Å². The summed E-state index contributed by atoms with van der Waals surface area (Å²) < 4.78 is 224. The van der Waals surface area contributed by atoms with E-state index in [1.807, 2.05) is 0 Å². The first-order chi connectivity index (χ1) is 38.2. The minimum Gasteiger partial charge on any atom is -0.456 e. The molecule has 57 heavy (non-hydrogen) atoms. The van der Waals surface area contributed by atoms with E-state index < -0.39 is 212 Å². The van der Waals surface area contributed by atoms with Gasteiger partial charge in [-0.3, -0.25) is 9.13 Å². The maximum Gasteiger partial charge on any atom is 0.240 e. The second-order valence-electron chi connectivity index (χ2n) is 12.6. The highest BCUT2D eigenvalue weighted by molar-refractivity contribution is 6.12. The Morgan fingerprint density at radius 3 is 1.51 bits per heavy atom. The fourth-order valence-electron chi connectivity index (χ4n) is 6.97. The maximum atomic E-state index is 10.0. The molecule has 0 aliphatic rings. The average Bonchev–Trinajstić information content (AvgIpc) is 4.36. The lowest BCUT2D eigenvalue weighted by atomic mass is 10.0. The van der Waals surface area contributed by atoms with Crippen molar-refractivity contribution < 1.29 is 37.3 Å². The van der Waals surface area contributed by atoms with Gasteiger partial charge in [0.2, 0.25) is 11.9 Å². The van der Waals surface area contributed by atoms with E-state index in [0.717, 1.165) is 9.13 Å². The molecule has 0 aliphatic carbocycles. The van der Waals surface area contributed by atoms with E-state index in [9.17, 15) is 11.0 Å². The number of aromatic nitrogens is 5. The smallest absolute Gasteiger partial charge is 0.240 e. The van der Waals surface area contributed by atoms with Crippen LogP contribution in [0.5, 0.6) is 0 Å². The van der Waals surface area contributed by atoms with E-state index >= 15 is 0 Å². The summed E-state index contributed by atoms with van der Waals surface area (Å²) >= 11 is 0. The fourth-order valence-corrected chi connectivity index (χ4v) is 6.97. The molecule has 0 saturated carbocycles. The molecule has 0 radical (unpaired) electrons. The summed E-state index contributed by atoms with van der Waals surface area (Å²) in [5.41, 5.74) is -4.02. The third-order valence-corrected chi connectivity index (χ3v) is 9.46. The van der Waals surface area contributed by atoms with Gasteiger partial charge in [-0.15, -0.1) is 0 Å². The molecule has 0 saturated heterocycles. The van der Waals surface area contributed by atoms with Gasteiger partial charge < -0.3 is 4.42 Å². The quantitative estimate of drug-likeness (QED) is 0.176. The first kappa shape index (κ1) is 16.1. The van der Waals surface area contributed by atoms with Crippen LogP contribution in [-0.4, -0.2) is 24.1 Å². The van der Waals surface area contributed by atoms with Gasteiger partial charge in [0.25, 0.3) is 0 Å². The van der Waals surface area contributed by atoms with Crippen molar-refractivity contribution in [3.05, 3.63) is 187 Å². The SMILES string of the molecule is [2H]c1c([2H])c([2H])c(-c2c([2H])c([2H])c3c4c([2H])c([2H])c(-c5c([2H])c([2H])c([2H])c([2H])c5[2H])c([2H])c4n(-c4nc(-c5ccc6oc7ccccc7c6c5)nc(-n5c6c([2H])c([2H])c([2H])c([2H])c6c6c([2H])c([2H])c([2H])c([2H])c65)n4)c3c2[2H])c([2H])c1[2H]. The van der Waals surface area contributed by atoms with Crippen LogP contribution in [-0.2, 0) is 0 Å². The average molecular weight is 754 g/mol. The third-order valence-electron chi connectivity index (χ3n) is 9.46. The van der Waals surface area contributed by atoms with E-state index in [1.54, 1.807) is 36.4 Å². The van der Waals surface area contributed by atoms with Crippen molar-refractivity contribution >= 4 is 65.6 Å². The summed E-state index contributed by atoms with van der Waals surface area (Å²) in [5, 5.41) is -0.697. The Balaban J connectivity index is 1.35. The van der Waals surface area contributed by atoms with Crippen LogP contribution >= 0.6 is 0 Å². The van der Waals surface area contributed by atoms with Crippen molar-refractivity contribution in [2.45, 2.75) is 0 Å². The van der Waals surface area contributed by atoms with Gasteiger partial charge >= 0.3 is 0 Å². The Bertz CT molecular complexity index is 4670. The van der Waals surface area contributed by atoms with E-state index in [-0.39, 0.29) is 22.2 Å². The minimum absolute atomic E-state index is 0.144. The van der Waals surface area contributed by atoms with Crippen molar-refractivity contribution in [1.82, 2.24) is 24.1 Å². The normalized spacial score (nSPS) is 17.8. The molecule has 6 nitrogen and oxygen atoms in total. The van der Waals surface area contributed by atoms with Crippen LogP contribution in [0.3, 0.4) is 0 Å². The molecular formula is C51H31N5O. The lowest BCUT2D eigenvalue weighted by molar-refractivity contribution is 0.669.